The van der Waals surface area contributed by atoms with Gasteiger partial charge in [-0.05, 0) is 33.2 Å². The molecule has 13 heavy (non-hydrogen) atoms. The van der Waals surface area contributed by atoms with Crippen LogP contribution in [-0.2, 0) is 4.79 Å². The molecule has 1 saturated heterocycles. The van der Waals surface area contributed by atoms with E-state index >= 15 is 0 Å². The van der Waals surface area contributed by atoms with Gasteiger partial charge in [0.15, 0.2) is 0 Å². The monoisotopic (exact) mass is 185 g/mol. The number of carboxylic acids is 1. The van der Waals surface area contributed by atoms with Gasteiger partial charge in [0.25, 0.3) is 0 Å². The number of likely N-dealkylation sites (tertiary alicyclic amines) is 1. The van der Waals surface area contributed by atoms with Crippen molar-refractivity contribution in [1.82, 2.24) is 4.90 Å². The molecular formula is C10H19NO2. The number of piperidine rings is 1. The summed E-state index contributed by atoms with van der Waals surface area (Å²) in [4.78, 5) is 12.8. The molecule has 1 rings (SSSR count). The molecule has 2 atom stereocenters. The van der Waals surface area contributed by atoms with Gasteiger partial charge >= 0.3 is 5.97 Å². The number of carboxylic acid groups (broad SMARTS) is 1. The standard InChI is InChI=1S/C10H19NO2/c1-8-5-3-4-6-11(8)9(2)7-10(12)13/h8-9H,3-7H2,1-2H3,(H,12,13)/t8-,9-/m0/s1. The molecule has 0 bridgehead atoms. The van der Waals surface area contributed by atoms with Gasteiger partial charge in [-0.1, -0.05) is 6.42 Å². The molecule has 1 aliphatic heterocycles. The summed E-state index contributed by atoms with van der Waals surface area (Å²) >= 11 is 0. The van der Waals surface area contributed by atoms with Gasteiger partial charge in [0.2, 0.25) is 0 Å². The van der Waals surface area contributed by atoms with E-state index in [4.69, 9.17) is 5.11 Å². The molecule has 0 radical (unpaired) electrons. The molecule has 0 aromatic rings. The van der Waals surface area contributed by atoms with Crippen molar-refractivity contribution in [2.45, 2.75) is 51.6 Å². The van der Waals surface area contributed by atoms with Gasteiger partial charge in [-0.15, -0.1) is 0 Å². The van der Waals surface area contributed by atoms with Crippen LogP contribution < -0.4 is 0 Å². The fraction of sp³-hybridized carbons (Fsp3) is 0.900. The van der Waals surface area contributed by atoms with Gasteiger partial charge < -0.3 is 5.11 Å². The Bertz CT molecular complexity index is 182. The Morgan fingerprint density at radius 2 is 2.31 bits per heavy atom. The largest absolute Gasteiger partial charge is 0.481 e. The van der Waals surface area contributed by atoms with E-state index in [-0.39, 0.29) is 12.5 Å². The van der Waals surface area contributed by atoms with Crippen LogP contribution in [0.2, 0.25) is 0 Å². The van der Waals surface area contributed by atoms with Crippen molar-refractivity contribution in [3.8, 4) is 0 Å². The Labute approximate surface area is 79.7 Å². The number of hydrogen-bond donors (Lipinski definition) is 1. The van der Waals surface area contributed by atoms with Crippen LogP contribution in [0.15, 0.2) is 0 Å². The third-order valence-corrected chi connectivity index (χ3v) is 2.89. The summed E-state index contributed by atoms with van der Waals surface area (Å²) in [5.41, 5.74) is 0. The van der Waals surface area contributed by atoms with Gasteiger partial charge in [0.1, 0.15) is 0 Å². The van der Waals surface area contributed by atoms with E-state index in [9.17, 15) is 4.79 Å². The Kier molecular flexibility index (Phi) is 3.72. The first-order chi connectivity index (χ1) is 6.11. The normalized spacial score (nSPS) is 27.1. The second kappa shape index (κ2) is 4.61. The Balaban J connectivity index is 2.43. The van der Waals surface area contributed by atoms with E-state index in [0.717, 1.165) is 6.54 Å². The lowest BCUT2D eigenvalue weighted by Crippen LogP contribution is -2.44. The van der Waals surface area contributed by atoms with Crippen LogP contribution in [0.25, 0.3) is 0 Å². The SMILES string of the molecule is C[C@H]1CCCCN1[C@@H](C)CC(=O)O. The molecule has 3 nitrogen and oxygen atoms in total. The fourth-order valence-corrected chi connectivity index (χ4v) is 2.15. The molecular weight excluding hydrogens is 166 g/mol. The summed E-state index contributed by atoms with van der Waals surface area (Å²) in [6, 6.07) is 0.746. The average Bonchev–Trinajstić information content (AvgIpc) is 2.03. The highest BCUT2D eigenvalue weighted by molar-refractivity contribution is 5.67. The molecule has 0 amide bonds. The Hall–Kier alpha value is -0.570. The molecule has 1 heterocycles. The Morgan fingerprint density at radius 3 is 2.85 bits per heavy atom. The average molecular weight is 185 g/mol. The first-order valence-corrected chi connectivity index (χ1v) is 5.09. The van der Waals surface area contributed by atoms with E-state index in [2.05, 4.69) is 11.8 Å². The quantitative estimate of drug-likeness (QED) is 0.728. The minimum absolute atomic E-state index is 0.188. The van der Waals surface area contributed by atoms with E-state index in [1.54, 1.807) is 0 Å². The third-order valence-electron chi connectivity index (χ3n) is 2.89. The van der Waals surface area contributed by atoms with Crippen molar-refractivity contribution in [1.29, 1.82) is 0 Å². The van der Waals surface area contributed by atoms with Crippen LogP contribution in [-0.4, -0.2) is 34.6 Å². The van der Waals surface area contributed by atoms with E-state index in [0.29, 0.717) is 6.04 Å². The second-order valence-electron chi connectivity index (χ2n) is 4.03. The fourth-order valence-electron chi connectivity index (χ4n) is 2.15. The summed E-state index contributed by atoms with van der Waals surface area (Å²) in [5, 5.41) is 8.67. The smallest absolute Gasteiger partial charge is 0.304 e. The van der Waals surface area contributed by atoms with Crippen LogP contribution in [0.3, 0.4) is 0 Å². The summed E-state index contributed by atoms with van der Waals surface area (Å²) in [6.45, 7) is 5.27. The molecule has 0 aliphatic carbocycles. The minimum Gasteiger partial charge on any atom is -0.481 e. The molecule has 0 saturated carbocycles. The van der Waals surface area contributed by atoms with Gasteiger partial charge in [0.05, 0.1) is 6.42 Å². The predicted octanol–water partition coefficient (Wildman–Crippen LogP) is 1.72. The summed E-state index contributed by atoms with van der Waals surface area (Å²) < 4.78 is 0. The zero-order valence-electron chi connectivity index (χ0n) is 8.49. The maximum atomic E-state index is 10.5. The van der Waals surface area contributed by atoms with Gasteiger partial charge in [-0.25, -0.2) is 0 Å². The summed E-state index contributed by atoms with van der Waals surface area (Å²) in [6.07, 6.45) is 3.99. The van der Waals surface area contributed by atoms with E-state index < -0.39 is 5.97 Å². The summed E-state index contributed by atoms with van der Waals surface area (Å²) in [5.74, 6) is -0.690. The van der Waals surface area contributed by atoms with Gasteiger partial charge in [0, 0.05) is 12.1 Å². The van der Waals surface area contributed by atoms with Crippen molar-refractivity contribution in [3.05, 3.63) is 0 Å². The molecule has 0 spiro atoms. The molecule has 1 aliphatic rings. The highest BCUT2D eigenvalue weighted by atomic mass is 16.4. The number of hydrogen-bond acceptors (Lipinski definition) is 2. The van der Waals surface area contributed by atoms with E-state index in [1.165, 1.54) is 19.3 Å². The number of carbonyl (C=O) groups is 1. The number of nitrogens with zero attached hydrogens (tertiary/aromatic N) is 1. The van der Waals surface area contributed by atoms with Crippen molar-refractivity contribution in [2.24, 2.45) is 0 Å². The lowest BCUT2D eigenvalue weighted by atomic mass is 10.0. The van der Waals surface area contributed by atoms with Crippen molar-refractivity contribution in [3.63, 3.8) is 0 Å². The van der Waals surface area contributed by atoms with Crippen LogP contribution in [0.4, 0.5) is 0 Å². The molecule has 76 valence electrons. The predicted molar refractivity (Wildman–Crippen MR) is 51.7 cm³/mol. The van der Waals surface area contributed by atoms with E-state index in [1.807, 2.05) is 6.92 Å². The third kappa shape index (κ3) is 2.99. The van der Waals surface area contributed by atoms with Crippen LogP contribution in [0.1, 0.15) is 39.5 Å². The first-order valence-electron chi connectivity index (χ1n) is 5.09. The van der Waals surface area contributed by atoms with Crippen molar-refractivity contribution >= 4 is 5.97 Å². The van der Waals surface area contributed by atoms with Crippen molar-refractivity contribution < 1.29 is 9.90 Å². The molecule has 0 aromatic carbocycles. The minimum atomic E-state index is -0.690. The second-order valence-corrected chi connectivity index (χ2v) is 4.03. The molecule has 0 aromatic heterocycles. The highest BCUT2D eigenvalue weighted by Gasteiger charge is 2.24. The topological polar surface area (TPSA) is 40.5 Å². The first kappa shape index (κ1) is 10.5. The van der Waals surface area contributed by atoms with Crippen molar-refractivity contribution in [2.75, 3.05) is 6.54 Å². The maximum absolute atomic E-state index is 10.5. The summed E-state index contributed by atoms with van der Waals surface area (Å²) in [7, 11) is 0. The number of rotatable bonds is 3. The molecule has 3 heteroatoms. The van der Waals surface area contributed by atoms with Gasteiger partial charge in [-0.2, -0.15) is 0 Å². The number of aliphatic carboxylic acids is 1. The lowest BCUT2D eigenvalue weighted by Gasteiger charge is -2.37. The lowest BCUT2D eigenvalue weighted by molar-refractivity contribution is -0.138. The zero-order valence-corrected chi connectivity index (χ0v) is 8.49. The van der Waals surface area contributed by atoms with Crippen LogP contribution >= 0.6 is 0 Å². The zero-order chi connectivity index (χ0) is 9.84. The molecule has 1 N–H and O–H groups in total. The highest BCUT2D eigenvalue weighted by Crippen LogP contribution is 2.20. The van der Waals surface area contributed by atoms with Gasteiger partial charge in [-0.3, -0.25) is 9.69 Å². The molecule has 1 fully saturated rings. The maximum Gasteiger partial charge on any atom is 0.304 e. The van der Waals surface area contributed by atoms with Crippen LogP contribution in [0.5, 0.6) is 0 Å². The molecule has 0 unspecified atom stereocenters. The van der Waals surface area contributed by atoms with Crippen LogP contribution in [0, 0.1) is 0 Å². The Morgan fingerprint density at radius 1 is 1.62 bits per heavy atom.